The van der Waals surface area contributed by atoms with E-state index in [1.54, 1.807) is 0 Å². The van der Waals surface area contributed by atoms with Gasteiger partial charge in [-0.25, -0.2) is 0 Å². The van der Waals surface area contributed by atoms with E-state index in [9.17, 15) is 9.59 Å². The number of ketones is 1. The molecule has 0 aromatic heterocycles. The van der Waals surface area contributed by atoms with Crippen molar-refractivity contribution >= 4 is 11.8 Å². The predicted molar refractivity (Wildman–Crippen MR) is 138 cm³/mol. The van der Waals surface area contributed by atoms with Crippen molar-refractivity contribution in [1.82, 2.24) is 0 Å². The molecule has 0 spiro atoms. The fourth-order valence-corrected chi connectivity index (χ4v) is 3.92. The summed E-state index contributed by atoms with van der Waals surface area (Å²) in [4.78, 5) is 22.4. The third-order valence-corrected chi connectivity index (χ3v) is 6.00. The van der Waals surface area contributed by atoms with Crippen molar-refractivity contribution in [1.29, 1.82) is 0 Å². The summed E-state index contributed by atoms with van der Waals surface area (Å²) in [6.07, 6.45) is 33.4. The highest BCUT2D eigenvalue weighted by atomic mass is 16.4. The molecule has 0 aliphatic heterocycles. The van der Waals surface area contributed by atoms with E-state index in [0.29, 0.717) is 12.2 Å². The zero-order valence-electron chi connectivity index (χ0n) is 21.1. The van der Waals surface area contributed by atoms with Gasteiger partial charge in [-0.1, -0.05) is 102 Å². The molecule has 0 saturated heterocycles. The predicted octanol–water partition coefficient (Wildman–Crippen LogP) is 9.35. The molecule has 0 rings (SSSR count). The Kier molecular flexibility index (Phi) is 24.8. The molecule has 0 fully saturated rings. The lowest BCUT2D eigenvalue weighted by molar-refractivity contribution is -0.137. The van der Waals surface area contributed by atoms with Crippen LogP contribution in [0.3, 0.4) is 0 Å². The van der Waals surface area contributed by atoms with Crippen LogP contribution >= 0.6 is 0 Å². The minimum absolute atomic E-state index is 0.295. The maximum absolute atomic E-state index is 12.0. The number of aliphatic carboxylic acids is 1. The molecule has 3 nitrogen and oxygen atoms in total. The molecule has 186 valence electrons. The molecule has 0 saturated carbocycles. The van der Waals surface area contributed by atoms with E-state index >= 15 is 0 Å². The molecule has 3 heteroatoms. The maximum atomic E-state index is 12.0. The second-order valence-corrected chi connectivity index (χ2v) is 9.24. The van der Waals surface area contributed by atoms with Gasteiger partial charge < -0.3 is 5.11 Å². The lowest BCUT2D eigenvalue weighted by Gasteiger charge is -2.03. The smallest absolute Gasteiger partial charge is 0.303 e. The molecule has 0 radical (unpaired) electrons. The van der Waals surface area contributed by atoms with E-state index < -0.39 is 5.97 Å². The van der Waals surface area contributed by atoms with Gasteiger partial charge in [0.05, 0.1) is 0 Å². The van der Waals surface area contributed by atoms with Crippen molar-refractivity contribution in [3.05, 3.63) is 24.3 Å². The molecule has 0 bridgehead atoms. The molecule has 1 N–H and O–H groups in total. The van der Waals surface area contributed by atoms with Gasteiger partial charge >= 0.3 is 5.97 Å². The van der Waals surface area contributed by atoms with E-state index in [1.807, 2.05) is 0 Å². The molecule has 0 aliphatic rings. The summed E-state index contributed by atoms with van der Waals surface area (Å²) in [5, 5.41) is 8.59. The van der Waals surface area contributed by atoms with Crippen LogP contribution in [0.25, 0.3) is 0 Å². The number of unbranched alkanes of at least 4 members (excludes halogenated alkanes) is 15. The van der Waals surface area contributed by atoms with E-state index in [0.717, 1.165) is 57.8 Å². The number of carboxylic acids is 1. The van der Waals surface area contributed by atoms with E-state index in [-0.39, 0.29) is 0 Å². The van der Waals surface area contributed by atoms with Gasteiger partial charge in [-0.3, -0.25) is 9.59 Å². The summed E-state index contributed by atoms with van der Waals surface area (Å²) in [7, 11) is 0. The Bertz CT molecular complexity index is 479. The van der Waals surface area contributed by atoms with E-state index in [4.69, 9.17) is 5.11 Å². The first-order valence-corrected chi connectivity index (χ1v) is 13.7. The van der Waals surface area contributed by atoms with Crippen LogP contribution in [-0.4, -0.2) is 16.9 Å². The second-order valence-electron chi connectivity index (χ2n) is 9.24. The zero-order valence-corrected chi connectivity index (χ0v) is 21.1. The molecule has 0 atom stereocenters. The Morgan fingerprint density at radius 2 is 0.938 bits per heavy atom. The first-order chi connectivity index (χ1) is 15.7. The Morgan fingerprint density at radius 3 is 1.41 bits per heavy atom. The van der Waals surface area contributed by atoms with Gasteiger partial charge in [-0.15, -0.1) is 0 Å². The number of hydrogen-bond donors (Lipinski definition) is 1. The number of carboxylic acid groups (broad SMARTS) is 1. The average Bonchev–Trinajstić information content (AvgIpc) is 2.77. The van der Waals surface area contributed by atoms with E-state index in [2.05, 4.69) is 31.2 Å². The lowest BCUT2D eigenvalue weighted by Crippen LogP contribution is -1.97. The third kappa shape index (κ3) is 26.7. The molecular weight excluding hydrogens is 396 g/mol. The molecule has 0 unspecified atom stereocenters. The van der Waals surface area contributed by atoms with Crippen LogP contribution < -0.4 is 0 Å². The Hall–Kier alpha value is -1.38. The van der Waals surface area contributed by atoms with Gasteiger partial charge in [-0.2, -0.15) is 0 Å². The van der Waals surface area contributed by atoms with Crippen molar-refractivity contribution in [2.45, 2.75) is 148 Å². The SMILES string of the molecule is CCCCCC=CCC=CCCCCCCCCC(=O)CCCCCCCCCC(=O)O. The highest BCUT2D eigenvalue weighted by molar-refractivity contribution is 5.78. The van der Waals surface area contributed by atoms with Gasteiger partial charge in [0.2, 0.25) is 0 Å². The topological polar surface area (TPSA) is 54.4 Å². The van der Waals surface area contributed by atoms with E-state index in [1.165, 1.54) is 77.0 Å². The summed E-state index contributed by atoms with van der Waals surface area (Å²) in [6.45, 7) is 2.25. The monoisotopic (exact) mass is 448 g/mol. The Labute approximate surface area is 199 Å². The van der Waals surface area contributed by atoms with Crippen LogP contribution in [0.4, 0.5) is 0 Å². The van der Waals surface area contributed by atoms with Crippen LogP contribution in [0.1, 0.15) is 148 Å². The first-order valence-electron chi connectivity index (χ1n) is 13.7. The normalized spacial score (nSPS) is 11.7. The highest BCUT2D eigenvalue weighted by Crippen LogP contribution is 2.13. The van der Waals surface area contributed by atoms with Crippen LogP contribution in [0.15, 0.2) is 24.3 Å². The van der Waals surface area contributed by atoms with Gasteiger partial charge in [0.15, 0.2) is 0 Å². The summed E-state index contributed by atoms with van der Waals surface area (Å²) in [5.41, 5.74) is 0. The quantitative estimate of drug-likeness (QED) is 0.112. The van der Waals surface area contributed by atoms with Crippen LogP contribution in [0, 0.1) is 0 Å². The standard InChI is InChI=1S/C29H52O3/c1-2-3-4-5-6-7-8-9-10-11-12-13-14-16-19-22-25-28(30)26-23-20-17-15-18-21-24-27-29(31)32/h6-7,9-10H,2-5,8,11-27H2,1H3,(H,31,32). The van der Waals surface area contributed by atoms with Crippen molar-refractivity contribution in [3.8, 4) is 0 Å². The number of rotatable bonds is 25. The number of Topliss-reactive ketones (excluding diaryl/α,β-unsaturated/α-hetero) is 1. The van der Waals surface area contributed by atoms with Crippen LogP contribution in [-0.2, 0) is 9.59 Å². The van der Waals surface area contributed by atoms with Crippen molar-refractivity contribution in [2.24, 2.45) is 0 Å². The van der Waals surface area contributed by atoms with Gasteiger partial charge in [0.25, 0.3) is 0 Å². The highest BCUT2D eigenvalue weighted by Gasteiger charge is 2.02. The fourth-order valence-electron chi connectivity index (χ4n) is 3.92. The number of hydrogen-bond acceptors (Lipinski definition) is 2. The van der Waals surface area contributed by atoms with Gasteiger partial charge in [0, 0.05) is 19.3 Å². The fraction of sp³-hybridized carbons (Fsp3) is 0.793. The van der Waals surface area contributed by atoms with Crippen molar-refractivity contribution in [2.75, 3.05) is 0 Å². The average molecular weight is 449 g/mol. The maximum Gasteiger partial charge on any atom is 0.303 e. The summed E-state index contributed by atoms with van der Waals surface area (Å²) < 4.78 is 0. The first kappa shape index (κ1) is 30.6. The second kappa shape index (κ2) is 25.9. The summed E-state index contributed by atoms with van der Waals surface area (Å²) in [6, 6.07) is 0. The zero-order chi connectivity index (χ0) is 23.5. The van der Waals surface area contributed by atoms with Gasteiger partial charge in [-0.05, 0) is 51.4 Å². The van der Waals surface area contributed by atoms with Crippen LogP contribution in [0.2, 0.25) is 0 Å². The third-order valence-electron chi connectivity index (χ3n) is 6.00. The van der Waals surface area contributed by atoms with Gasteiger partial charge in [0.1, 0.15) is 5.78 Å². The molecule has 32 heavy (non-hydrogen) atoms. The lowest BCUT2D eigenvalue weighted by atomic mass is 10.0. The minimum atomic E-state index is -0.691. The molecule has 0 aromatic rings. The molecule has 0 heterocycles. The summed E-state index contributed by atoms with van der Waals surface area (Å²) in [5.74, 6) is -0.251. The number of carbonyl (C=O) groups is 2. The van der Waals surface area contributed by atoms with Crippen molar-refractivity contribution in [3.63, 3.8) is 0 Å². The van der Waals surface area contributed by atoms with Crippen LogP contribution in [0.5, 0.6) is 0 Å². The number of carbonyl (C=O) groups excluding carboxylic acids is 1. The van der Waals surface area contributed by atoms with Crippen molar-refractivity contribution < 1.29 is 14.7 Å². The number of allylic oxidation sites excluding steroid dienone is 4. The molecule has 0 aromatic carbocycles. The Balaban J connectivity index is 3.26. The molecule has 0 aliphatic carbocycles. The Morgan fingerprint density at radius 1 is 0.531 bits per heavy atom. The molecular formula is C29H52O3. The largest absolute Gasteiger partial charge is 0.481 e. The minimum Gasteiger partial charge on any atom is -0.481 e. The molecule has 0 amide bonds. The summed E-state index contributed by atoms with van der Waals surface area (Å²) >= 11 is 0.